The summed E-state index contributed by atoms with van der Waals surface area (Å²) in [5, 5.41) is 11.1. The van der Waals surface area contributed by atoms with Gasteiger partial charge in [0.05, 0.1) is 4.92 Å². The minimum Gasteiger partial charge on any atom is -0.336 e. The number of nitrogens with zero attached hydrogens (tertiary/aromatic N) is 3. The predicted molar refractivity (Wildman–Crippen MR) is 110 cm³/mol. The number of piperazine rings is 1. The highest BCUT2D eigenvalue weighted by Gasteiger charge is 2.25. The van der Waals surface area contributed by atoms with Gasteiger partial charge in [0.1, 0.15) is 0 Å². The monoisotopic (exact) mass is 381 g/mol. The third-order valence-corrected chi connectivity index (χ3v) is 5.44. The number of hydrogen-bond acceptors (Lipinski definition) is 4. The van der Waals surface area contributed by atoms with Crippen molar-refractivity contribution < 1.29 is 9.72 Å². The van der Waals surface area contributed by atoms with Gasteiger partial charge in [-0.2, -0.15) is 0 Å². The maximum atomic E-state index is 12.8. The van der Waals surface area contributed by atoms with Crippen molar-refractivity contribution in [2.45, 2.75) is 33.2 Å². The average molecular weight is 381 g/mol. The molecule has 6 heteroatoms. The van der Waals surface area contributed by atoms with Gasteiger partial charge in [-0.15, -0.1) is 0 Å². The van der Waals surface area contributed by atoms with Crippen molar-refractivity contribution in [2.24, 2.45) is 0 Å². The molecule has 0 aromatic heterocycles. The Hall–Kier alpha value is -2.73. The first-order valence-corrected chi connectivity index (χ1v) is 9.71. The molecule has 1 aliphatic rings. The molecule has 6 nitrogen and oxygen atoms in total. The zero-order valence-corrected chi connectivity index (χ0v) is 16.7. The van der Waals surface area contributed by atoms with E-state index in [9.17, 15) is 14.9 Å². The second-order valence-electron chi connectivity index (χ2n) is 7.67. The fraction of sp³-hybridized carbons (Fsp3) is 0.409. The molecule has 1 saturated heterocycles. The van der Waals surface area contributed by atoms with Crippen molar-refractivity contribution in [3.63, 3.8) is 0 Å². The quantitative estimate of drug-likeness (QED) is 0.580. The van der Waals surface area contributed by atoms with Crippen molar-refractivity contribution in [1.82, 2.24) is 9.80 Å². The topological polar surface area (TPSA) is 66.7 Å². The summed E-state index contributed by atoms with van der Waals surface area (Å²) in [5.74, 6) is 0.406. The van der Waals surface area contributed by atoms with Crippen LogP contribution in [0.4, 0.5) is 5.69 Å². The van der Waals surface area contributed by atoms with Gasteiger partial charge < -0.3 is 4.90 Å². The molecule has 0 unspecified atom stereocenters. The molecule has 1 amide bonds. The molecule has 1 heterocycles. The Morgan fingerprint density at radius 1 is 1.07 bits per heavy atom. The van der Waals surface area contributed by atoms with E-state index in [-0.39, 0.29) is 11.6 Å². The standard InChI is InChI=1S/C22H27N3O3/c1-16(2)19-9-7-18(8-10-19)15-23-11-13-24(14-12-23)22(26)20-5-4-6-21(17(20)3)25(27)28/h4-10,16H,11-15H2,1-3H3. The number of rotatable bonds is 5. The lowest BCUT2D eigenvalue weighted by Crippen LogP contribution is -2.48. The van der Waals surface area contributed by atoms with E-state index in [2.05, 4.69) is 43.0 Å². The first-order chi connectivity index (χ1) is 13.4. The number of nitro groups is 1. The van der Waals surface area contributed by atoms with Crippen LogP contribution in [0.25, 0.3) is 0 Å². The van der Waals surface area contributed by atoms with Crippen molar-refractivity contribution >= 4 is 11.6 Å². The van der Waals surface area contributed by atoms with Crippen LogP contribution >= 0.6 is 0 Å². The van der Waals surface area contributed by atoms with E-state index >= 15 is 0 Å². The van der Waals surface area contributed by atoms with E-state index in [1.807, 2.05) is 0 Å². The number of carbonyl (C=O) groups excluding carboxylic acids is 1. The highest BCUT2D eigenvalue weighted by Crippen LogP contribution is 2.23. The normalized spacial score (nSPS) is 15.1. The maximum absolute atomic E-state index is 12.8. The van der Waals surface area contributed by atoms with E-state index in [1.54, 1.807) is 24.0 Å². The molecule has 2 aromatic carbocycles. The van der Waals surface area contributed by atoms with Crippen LogP contribution in [0.5, 0.6) is 0 Å². The van der Waals surface area contributed by atoms with Gasteiger partial charge in [-0.1, -0.05) is 44.2 Å². The van der Waals surface area contributed by atoms with Gasteiger partial charge in [0.25, 0.3) is 11.6 Å². The second kappa shape index (κ2) is 8.52. The molecule has 0 saturated carbocycles. The predicted octanol–water partition coefficient (Wildman–Crippen LogP) is 3.98. The first-order valence-electron chi connectivity index (χ1n) is 9.71. The van der Waals surface area contributed by atoms with E-state index in [4.69, 9.17) is 0 Å². The van der Waals surface area contributed by atoms with Crippen LogP contribution in [0, 0.1) is 17.0 Å². The molecule has 28 heavy (non-hydrogen) atoms. The molecule has 0 radical (unpaired) electrons. The Kier molecular flexibility index (Phi) is 6.09. The summed E-state index contributed by atoms with van der Waals surface area (Å²) < 4.78 is 0. The van der Waals surface area contributed by atoms with Crippen LogP contribution in [0.3, 0.4) is 0 Å². The fourth-order valence-electron chi connectivity index (χ4n) is 3.60. The lowest BCUT2D eigenvalue weighted by atomic mass is 10.0. The van der Waals surface area contributed by atoms with Gasteiger partial charge >= 0.3 is 0 Å². The van der Waals surface area contributed by atoms with Crippen LogP contribution in [-0.4, -0.2) is 46.8 Å². The summed E-state index contributed by atoms with van der Waals surface area (Å²) >= 11 is 0. The largest absolute Gasteiger partial charge is 0.336 e. The maximum Gasteiger partial charge on any atom is 0.273 e. The van der Waals surface area contributed by atoms with Gasteiger partial charge in [0.2, 0.25) is 0 Å². The molecule has 1 aliphatic heterocycles. The summed E-state index contributed by atoms with van der Waals surface area (Å²) in [6.45, 7) is 9.74. The van der Waals surface area contributed by atoms with E-state index in [1.165, 1.54) is 17.2 Å². The molecule has 0 atom stereocenters. The van der Waals surface area contributed by atoms with Crippen molar-refractivity contribution in [1.29, 1.82) is 0 Å². The minimum absolute atomic E-state index is 0.00525. The number of hydrogen-bond donors (Lipinski definition) is 0. The van der Waals surface area contributed by atoms with Gasteiger partial charge in [0.15, 0.2) is 0 Å². The van der Waals surface area contributed by atoms with E-state index < -0.39 is 4.92 Å². The molecule has 0 N–H and O–H groups in total. The van der Waals surface area contributed by atoms with E-state index in [0.717, 1.165) is 19.6 Å². The highest BCUT2D eigenvalue weighted by atomic mass is 16.6. The van der Waals surface area contributed by atoms with E-state index in [0.29, 0.717) is 30.1 Å². The average Bonchev–Trinajstić information content (AvgIpc) is 2.68. The molecular weight excluding hydrogens is 354 g/mol. The Morgan fingerprint density at radius 3 is 2.29 bits per heavy atom. The zero-order valence-electron chi connectivity index (χ0n) is 16.7. The van der Waals surface area contributed by atoms with Crippen molar-refractivity contribution in [2.75, 3.05) is 26.2 Å². The smallest absolute Gasteiger partial charge is 0.273 e. The molecule has 2 aromatic rings. The van der Waals surface area contributed by atoms with Crippen LogP contribution in [0.2, 0.25) is 0 Å². The lowest BCUT2D eigenvalue weighted by molar-refractivity contribution is -0.385. The van der Waals surface area contributed by atoms with Crippen LogP contribution in [-0.2, 0) is 6.54 Å². The first kappa shape index (κ1) is 20.0. The third-order valence-electron chi connectivity index (χ3n) is 5.44. The molecule has 1 fully saturated rings. The summed E-state index contributed by atoms with van der Waals surface area (Å²) in [7, 11) is 0. The Morgan fingerprint density at radius 2 is 1.71 bits per heavy atom. The molecular formula is C22H27N3O3. The highest BCUT2D eigenvalue weighted by molar-refractivity contribution is 5.96. The minimum atomic E-state index is -0.436. The van der Waals surface area contributed by atoms with Crippen molar-refractivity contribution in [3.05, 3.63) is 74.8 Å². The van der Waals surface area contributed by atoms with Crippen LogP contribution in [0.1, 0.15) is 46.8 Å². The summed E-state index contributed by atoms with van der Waals surface area (Å²) in [6, 6.07) is 13.4. The van der Waals surface area contributed by atoms with Crippen LogP contribution in [0.15, 0.2) is 42.5 Å². The number of benzene rings is 2. The Bertz CT molecular complexity index is 854. The molecule has 3 rings (SSSR count). The third kappa shape index (κ3) is 4.39. The number of carbonyl (C=O) groups is 1. The zero-order chi connectivity index (χ0) is 20.3. The number of amides is 1. The summed E-state index contributed by atoms with van der Waals surface area (Å²) in [4.78, 5) is 27.7. The molecule has 0 spiro atoms. The summed E-state index contributed by atoms with van der Waals surface area (Å²) in [5.41, 5.74) is 3.47. The number of nitro benzene ring substituents is 1. The van der Waals surface area contributed by atoms with Gasteiger partial charge in [-0.05, 0) is 30.0 Å². The van der Waals surface area contributed by atoms with Crippen molar-refractivity contribution in [3.8, 4) is 0 Å². The van der Waals surface area contributed by atoms with Crippen LogP contribution < -0.4 is 0 Å². The Labute approximate surface area is 165 Å². The SMILES string of the molecule is Cc1c(C(=O)N2CCN(Cc3ccc(C(C)C)cc3)CC2)cccc1[N+](=O)[O-]. The van der Waals surface area contributed by atoms with Gasteiger partial charge in [0, 0.05) is 49.9 Å². The lowest BCUT2D eigenvalue weighted by Gasteiger charge is -2.35. The summed E-state index contributed by atoms with van der Waals surface area (Å²) in [6.07, 6.45) is 0. The fourth-order valence-corrected chi connectivity index (χ4v) is 3.60. The molecule has 0 bridgehead atoms. The van der Waals surface area contributed by atoms with Gasteiger partial charge in [-0.3, -0.25) is 19.8 Å². The molecule has 148 valence electrons. The van der Waals surface area contributed by atoms with Gasteiger partial charge in [-0.25, -0.2) is 0 Å². The Balaban J connectivity index is 1.60. The second-order valence-corrected chi connectivity index (χ2v) is 7.67. The molecule has 0 aliphatic carbocycles.